The molecule has 2 fully saturated rings. The first-order valence-corrected chi connectivity index (χ1v) is 29.0. The molecule has 2 aromatic rings. The molecule has 1 aliphatic carbocycles. The topological polar surface area (TPSA) is 386 Å². The van der Waals surface area contributed by atoms with Crippen molar-refractivity contribution in [2.24, 2.45) is 40.7 Å². The van der Waals surface area contributed by atoms with E-state index in [9.17, 15) is 48.3 Å². The van der Waals surface area contributed by atoms with Gasteiger partial charge in [0.05, 0.1) is 12.5 Å². The Morgan fingerprint density at radius 1 is 0.642 bits per heavy atom. The average molecular weight is 1130 g/mol. The summed E-state index contributed by atoms with van der Waals surface area (Å²) in [6.45, 7) is 9.02. The third-order valence-corrected chi connectivity index (χ3v) is 14.8. The van der Waals surface area contributed by atoms with Gasteiger partial charge in [-0.2, -0.15) is 0 Å². The number of aliphatic hydroxyl groups excluding tert-OH is 1. The lowest BCUT2D eigenvalue weighted by Crippen LogP contribution is -2.61. The molecule has 1 saturated heterocycles. The molecule has 450 valence electrons. The van der Waals surface area contributed by atoms with Crippen LogP contribution in [-0.4, -0.2) is 145 Å². The van der Waals surface area contributed by atoms with Gasteiger partial charge in [-0.15, -0.1) is 0 Å². The molecule has 1 aliphatic heterocycles. The van der Waals surface area contributed by atoms with E-state index in [1.54, 1.807) is 12.1 Å². The summed E-state index contributed by atoms with van der Waals surface area (Å²) >= 11 is 0. The molecule has 1 heterocycles. The SMILES string of the molecule is CCCCCCC[C@@H](O)CC(=O)N[C@H](CCN)C(=O)N[C@H]1CCNC(=O)C2(CC2C(C)C)NC(=O)[C@H](CCN)NC(=O)[C@H](CCN)NC(=O)[C@H](CC(C)C)NC(=O)[C@@H](Cc2ccc(-c3ccccc3)cc2)NC(=O)[C@H](CCN)NC1=O. The number of hydrogen-bond acceptors (Lipinski definition) is 14. The van der Waals surface area contributed by atoms with E-state index in [1.165, 1.54) is 0 Å². The minimum Gasteiger partial charge on any atom is -0.393 e. The van der Waals surface area contributed by atoms with E-state index in [-0.39, 0.29) is 108 Å². The summed E-state index contributed by atoms with van der Waals surface area (Å²) in [5.41, 5.74) is 24.9. The first kappa shape index (κ1) is 67.0. The standard InChI is InChI=1S/C58H93N13O10/c1-6-7-8-9-13-16-40(72)33-49(73)64-42(21-26-59)50(74)68-46-25-30-63-57(81)58(34-41(58)36(4)5)71-56(80)45(24-29-62)67-51(75)43(22-27-60)66-54(78)47(31-35(2)3)69-55(79)48(70-52(76)44(23-28-61)65-53(46)77)32-37-17-19-39(20-18-37)38-14-11-10-12-15-38/h10-12,14-15,17-20,35-36,40-48,72H,6-9,13,16,21-34,59-62H2,1-5H3,(H,63,81)(H,64,73)(H,65,77)(H,66,78)(H,67,75)(H,68,74)(H,69,79)(H,70,76)(H,71,80)/t40-,41?,42-,43+,44+,45+,46+,47+,48-,58?/m1/s1. The van der Waals surface area contributed by atoms with Crippen molar-refractivity contribution in [3.8, 4) is 11.1 Å². The Bertz CT molecular complexity index is 2380. The fourth-order valence-corrected chi connectivity index (χ4v) is 10.2. The predicted molar refractivity (Wildman–Crippen MR) is 309 cm³/mol. The maximum Gasteiger partial charge on any atom is 0.246 e. The Morgan fingerprint density at radius 3 is 1.73 bits per heavy atom. The number of carbonyl (C=O) groups is 9. The number of hydrogen-bond donors (Lipinski definition) is 14. The van der Waals surface area contributed by atoms with E-state index < -0.39 is 107 Å². The highest BCUT2D eigenvalue weighted by atomic mass is 16.3. The van der Waals surface area contributed by atoms with Crippen LogP contribution in [0.2, 0.25) is 0 Å². The Labute approximate surface area is 477 Å². The second kappa shape index (κ2) is 34.0. The molecule has 23 nitrogen and oxygen atoms in total. The zero-order valence-electron chi connectivity index (χ0n) is 48.1. The summed E-state index contributed by atoms with van der Waals surface area (Å²) in [5, 5.41) is 35.4. The molecule has 2 aromatic carbocycles. The van der Waals surface area contributed by atoms with Crippen molar-refractivity contribution >= 4 is 53.2 Å². The van der Waals surface area contributed by atoms with Crippen LogP contribution in [0.4, 0.5) is 0 Å². The summed E-state index contributed by atoms with van der Waals surface area (Å²) in [4.78, 5) is 128. The molecule has 23 heteroatoms. The Hall–Kier alpha value is -6.53. The molecule has 2 unspecified atom stereocenters. The Morgan fingerprint density at radius 2 is 1.17 bits per heavy atom. The summed E-state index contributed by atoms with van der Waals surface area (Å²) in [7, 11) is 0. The summed E-state index contributed by atoms with van der Waals surface area (Å²) < 4.78 is 0. The van der Waals surface area contributed by atoms with Crippen LogP contribution in [0.3, 0.4) is 0 Å². The Balaban J connectivity index is 1.77. The lowest BCUT2D eigenvalue weighted by molar-refractivity contribution is -0.136. The van der Waals surface area contributed by atoms with Crippen molar-refractivity contribution in [2.45, 2.75) is 185 Å². The smallest absolute Gasteiger partial charge is 0.246 e. The van der Waals surface area contributed by atoms with Crippen LogP contribution in [0, 0.1) is 17.8 Å². The molecule has 2 aliphatic rings. The average Bonchev–Trinajstić information content (AvgIpc) is 4.28. The van der Waals surface area contributed by atoms with Gasteiger partial charge in [-0.1, -0.05) is 121 Å². The molecular formula is C58H93N13O10. The number of nitrogens with one attached hydrogen (secondary N) is 9. The van der Waals surface area contributed by atoms with Gasteiger partial charge in [0.1, 0.15) is 47.8 Å². The molecule has 1 spiro atoms. The zero-order chi connectivity index (χ0) is 59.6. The van der Waals surface area contributed by atoms with Gasteiger partial charge in [0.25, 0.3) is 0 Å². The molecule has 0 bridgehead atoms. The van der Waals surface area contributed by atoms with E-state index in [0.717, 1.165) is 43.2 Å². The molecule has 0 aromatic heterocycles. The number of unbranched alkanes of at least 4 members (excludes halogenated alkanes) is 4. The summed E-state index contributed by atoms with van der Waals surface area (Å²) in [5.74, 6) is -7.34. The Kier molecular flexibility index (Phi) is 28.1. The lowest BCUT2D eigenvalue weighted by atomic mass is 9.98. The second-order valence-electron chi connectivity index (χ2n) is 22.3. The van der Waals surface area contributed by atoms with Crippen LogP contribution in [0.25, 0.3) is 11.1 Å². The van der Waals surface area contributed by atoms with Gasteiger partial charge in [-0.05, 0) is 112 Å². The highest BCUT2D eigenvalue weighted by molar-refractivity contribution is 6.00. The monoisotopic (exact) mass is 1130 g/mol. The van der Waals surface area contributed by atoms with Crippen molar-refractivity contribution < 1.29 is 48.3 Å². The third-order valence-electron chi connectivity index (χ3n) is 14.8. The fourth-order valence-electron chi connectivity index (χ4n) is 10.2. The molecule has 81 heavy (non-hydrogen) atoms. The minimum absolute atomic E-state index is 0.0469. The van der Waals surface area contributed by atoms with Gasteiger partial charge in [0, 0.05) is 13.0 Å². The minimum atomic E-state index is -1.48. The molecule has 9 amide bonds. The van der Waals surface area contributed by atoms with Crippen molar-refractivity contribution in [1.82, 2.24) is 47.9 Å². The van der Waals surface area contributed by atoms with Crippen molar-refractivity contribution in [2.75, 3.05) is 32.7 Å². The van der Waals surface area contributed by atoms with Gasteiger partial charge < -0.3 is 75.9 Å². The molecule has 18 N–H and O–H groups in total. The van der Waals surface area contributed by atoms with Crippen LogP contribution in [0.1, 0.15) is 130 Å². The maximum atomic E-state index is 14.7. The van der Waals surface area contributed by atoms with E-state index >= 15 is 0 Å². The van der Waals surface area contributed by atoms with Gasteiger partial charge in [0.15, 0.2) is 0 Å². The highest BCUT2D eigenvalue weighted by Crippen LogP contribution is 2.48. The van der Waals surface area contributed by atoms with E-state index in [4.69, 9.17) is 22.9 Å². The largest absolute Gasteiger partial charge is 0.393 e. The molecule has 1 saturated carbocycles. The lowest BCUT2D eigenvalue weighted by Gasteiger charge is -2.28. The number of aliphatic hydroxyl groups is 1. The van der Waals surface area contributed by atoms with E-state index in [0.29, 0.717) is 12.0 Å². The number of rotatable bonds is 25. The van der Waals surface area contributed by atoms with Crippen LogP contribution < -0.4 is 70.8 Å². The van der Waals surface area contributed by atoms with Gasteiger partial charge in [0.2, 0.25) is 53.2 Å². The van der Waals surface area contributed by atoms with Crippen LogP contribution in [-0.2, 0) is 49.6 Å². The molecule has 0 radical (unpaired) electrons. The van der Waals surface area contributed by atoms with E-state index in [2.05, 4.69) is 54.8 Å². The summed E-state index contributed by atoms with van der Waals surface area (Å²) in [6, 6.07) is 7.65. The van der Waals surface area contributed by atoms with Crippen LogP contribution >= 0.6 is 0 Å². The van der Waals surface area contributed by atoms with Gasteiger partial charge in [-0.25, -0.2) is 0 Å². The highest BCUT2D eigenvalue weighted by Gasteiger charge is 2.62. The summed E-state index contributed by atoms with van der Waals surface area (Å²) in [6.07, 6.45) is 3.58. The predicted octanol–water partition coefficient (Wildman–Crippen LogP) is -0.107. The normalized spacial score (nSPS) is 24.4. The zero-order valence-corrected chi connectivity index (χ0v) is 48.1. The van der Waals surface area contributed by atoms with Crippen molar-refractivity contribution in [3.05, 3.63) is 60.2 Å². The molecule has 10 atom stereocenters. The first-order valence-electron chi connectivity index (χ1n) is 29.0. The number of carbonyl (C=O) groups excluding carboxylic acids is 9. The number of nitrogens with two attached hydrogens (primary N) is 4. The third kappa shape index (κ3) is 21.4. The fraction of sp³-hybridized carbons (Fsp3) is 0.638. The molecular weight excluding hydrogens is 1040 g/mol. The number of amides is 9. The first-order chi connectivity index (χ1) is 38.7. The van der Waals surface area contributed by atoms with Gasteiger partial charge >= 0.3 is 0 Å². The van der Waals surface area contributed by atoms with Crippen LogP contribution in [0.5, 0.6) is 0 Å². The van der Waals surface area contributed by atoms with E-state index in [1.807, 2.05) is 70.2 Å². The second-order valence-corrected chi connectivity index (χ2v) is 22.3. The maximum absolute atomic E-state index is 14.7. The molecule has 4 rings (SSSR count). The van der Waals surface area contributed by atoms with Gasteiger partial charge in [-0.3, -0.25) is 43.2 Å². The quantitative estimate of drug-likeness (QED) is 0.0578. The van der Waals surface area contributed by atoms with Crippen molar-refractivity contribution in [1.29, 1.82) is 0 Å². The van der Waals surface area contributed by atoms with Crippen LogP contribution in [0.15, 0.2) is 54.6 Å². The number of benzene rings is 2. The van der Waals surface area contributed by atoms with Crippen molar-refractivity contribution in [3.63, 3.8) is 0 Å².